The number of carbonyl (C=O) groups is 1. The van der Waals surface area contributed by atoms with Crippen molar-refractivity contribution in [3.05, 3.63) is 70.8 Å². The zero-order valence-electron chi connectivity index (χ0n) is 12.6. The molecule has 0 unspecified atom stereocenters. The van der Waals surface area contributed by atoms with E-state index in [1.54, 1.807) is 12.1 Å². The Hall–Kier alpha value is -2.35. The lowest BCUT2D eigenvalue weighted by Gasteiger charge is -2.07. The van der Waals surface area contributed by atoms with Gasteiger partial charge in [0.1, 0.15) is 0 Å². The van der Waals surface area contributed by atoms with Gasteiger partial charge in [-0.15, -0.1) is 0 Å². The van der Waals surface area contributed by atoms with Gasteiger partial charge in [0.15, 0.2) is 0 Å². The van der Waals surface area contributed by atoms with Gasteiger partial charge >= 0.3 is 5.97 Å². The Morgan fingerprint density at radius 2 is 1.48 bits per heavy atom. The second-order valence-corrected chi connectivity index (χ2v) is 5.53. The monoisotopic (exact) mass is 280 g/mol. The van der Waals surface area contributed by atoms with Crippen LogP contribution in [0.15, 0.2) is 48.5 Å². The molecule has 0 aliphatic carbocycles. The van der Waals surface area contributed by atoms with Crippen molar-refractivity contribution in [1.82, 2.24) is 0 Å². The van der Waals surface area contributed by atoms with Crippen LogP contribution in [0.2, 0.25) is 0 Å². The minimum atomic E-state index is -0.897. The average Bonchev–Trinajstić information content (AvgIpc) is 2.47. The molecule has 0 amide bonds. The van der Waals surface area contributed by atoms with Gasteiger partial charge in [-0.3, -0.25) is 0 Å². The summed E-state index contributed by atoms with van der Waals surface area (Å²) in [6.45, 7) is 6.43. The number of rotatable bonds is 4. The van der Waals surface area contributed by atoms with Gasteiger partial charge in [0.25, 0.3) is 0 Å². The van der Waals surface area contributed by atoms with Gasteiger partial charge in [0.2, 0.25) is 0 Å². The molecular formula is C19H20O2. The number of benzene rings is 2. The third-order valence-electron chi connectivity index (χ3n) is 3.57. The molecule has 0 aliphatic rings. The fraction of sp³-hybridized carbons (Fsp3) is 0.211. The Labute approximate surface area is 125 Å². The van der Waals surface area contributed by atoms with Gasteiger partial charge in [-0.25, -0.2) is 4.79 Å². The third-order valence-corrected chi connectivity index (χ3v) is 3.57. The maximum absolute atomic E-state index is 10.8. The van der Waals surface area contributed by atoms with Crippen LogP contribution in [0.1, 0.15) is 53.7 Å². The SMILES string of the molecule is CC(=Cc1ccc(C(=O)O)cc1)c1ccc(C(C)C)cc1. The van der Waals surface area contributed by atoms with Crippen molar-refractivity contribution in [3.8, 4) is 0 Å². The van der Waals surface area contributed by atoms with Crippen molar-refractivity contribution in [2.24, 2.45) is 0 Å². The normalized spacial score (nSPS) is 11.7. The standard InChI is InChI=1S/C19H20O2/c1-13(2)16-8-10-17(11-9-16)14(3)12-15-4-6-18(7-5-15)19(20)21/h4-13H,1-3H3,(H,20,21). The molecule has 2 aromatic carbocycles. The van der Waals surface area contributed by atoms with Crippen LogP contribution in [-0.4, -0.2) is 11.1 Å². The Morgan fingerprint density at radius 1 is 0.952 bits per heavy atom. The zero-order chi connectivity index (χ0) is 15.4. The Morgan fingerprint density at radius 3 is 1.95 bits per heavy atom. The van der Waals surface area contributed by atoms with Gasteiger partial charge in [0, 0.05) is 0 Å². The highest BCUT2D eigenvalue weighted by atomic mass is 16.4. The van der Waals surface area contributed by atoms with Crippen molar-refractivity contribution >= 4 is 17.6 Å². The van der Waals surface area contributed by atoms with E-state index in [2.05, 4.69) is 51.1 Å². The molecule has 0 spiro atoms. The summed E-state index contributed by atoms with van der Waals surface area (Å²) in [5.41, 5.74) is 4.99. The molecule has 2 rings (SSSR count). The fourth-order valence-electron chi connectivity index (χ4n) is 2.19. The maximum Gasteiger partial charge on any atom is 0.335 e. The lowest BCUT2D eigenvalue weighted by Crippen LogP contribution is -1.94. The minimum absolute atomic E-state index is 0.311. The Balaban J connectivity index is 2.21. The second-order valence-electron chi connectivity index (χ2n) is 5.53. The van der Waals surface area contributed by atoms with Crippen molar-refractivity contribution in [3.63, 3.8) is 0 Å². The molecule has 0 bridgehead atoms. The van der Waals surface area contributed by atoms with E-state index in [9.17, 15) is 4.79 Å². The maximum atomic E-state index is 10.8. The number of carboxylic acids is 1. The number of carboxylic acid groups (broad SMARTS) is 1. The lowest BCUT2D eigenvalue weighted by molar-refractivity contribution is 0.0697. The third kappa shape index (κ3) is 3.82. The van der Waals surface area contributed by atoms with Crippen molar-refractivity contribution < 1.29 is 9.90 Å². The molecule has 0 fully saturated rings. The summed E-state index contributed by atoms with van der Waals surface area (Å²) in [4.78, 5) is 10.8. The van der Waals surface area contributed by atoms with Crippen LogP contribution >= 0.6 is 0 Å². The topological polar surface area (TPSA) is 37.3 Å². The van der Waals surface area contributed by atoms with Crippen LogP contribution in [0, 0.1) is 0 Å². The number of hydrogen-bond acceptors (Lipinski definition) is 1. The molecule has 0 atom stereocenters. The van der Waals surface area contributed by atoms with Crippen LogP contribution in [0.5, 0.6) is 0 Å². The predicted octanol–water partition coefficient (Wildman–Crippen LogP) is 5.07. The van der Waals surface area contributed by atoms with Gasteiger partial charge in [-0.05, 0) is 47.2 Å². The zero-order valence-corrected chi connectivity index (χ0v) is 12.6. The largest absolute Gasteiger partial charge is 0.478 e. The molecular weight excluding hydrogens is 260 g/mol. The van der Waals surface area contributed by atoms with Crippen LogP contribution in [0.4, 0.5) is 0 Å². The van der Waals surface area contributed by atoms with E-state index in [0.29, 0.717) is 11.5 Å². The van der Waals surface area contributed by atoms with E-state index in [4.69, 9.17) is 5.11 Å². The highest BCUT2D eigenvalue weighted by Crippen LogP contribution is 2.21. The van der Waals surface area contributed by atoms with Gasteiger partial charge in [-0.2, -0.15) is 0 Å². The minimum Gasteiger partial charge on any atom is -0.478 e. The highest BCUT2D eigenvalue weighted by Gasteiger charge is 2.02. The van der Waals surface area contributed by atoms with Crippen LogP contribution in [0.3, 0.4) is 0 Å². The molecule has 0 aliphatic heterocycles. The quantitative estimate of drug-likeness (QED) is 0.794. The first-order chi connectivity index (χ1) is 9.97. The number of aromatic carboxylic acids is 1. The molecule has 0 saturated heterocycles. The molecule has 108 valence electrons. The fourth-order valence-corrected chi connectivity index (χ4v) is 2.19. The Bertz CT molecular complexity index is 647. The molecule has 1 N–H and O–H groups in total. The van der Waals surface area contributed by atoms with Crippen LogP contribution in [0.25, 0.3) is 11.6 Å². The number of hydrogen-bond donors (Lipinski definition) is 1. The summed E-state index contributed by atoms with van der Waals surface area (Å²) in [5, 5.41) is 8.89. The second kappa shape index (κ2) is 6.40. The van der Waals surface area contributed by atoms with Crippen LogP contribution in [-0.2, 0) is 0 Å². The molecule has 0 heterocycles. The first kappa shape index (κ1) is 15.0. The van der Waals surface area contributed by atoms with E-state index in [1.165, 1.54) is 11.1 Å². The first-order valence-corrected chi connectivity index (χ1v) is 7.09. The molecule has 0 aromatic heterocycles. The molecule has 2 heteroatoms. The summed E-state index contributed by atoms with van der Waals surface area (Å²) >= 11 is 0. The summed E-state index contributed by atoms with van der Waals surface area (Å²) in [7, 11) is 0. The summed E-state index contributed by atoms with van der Waals surface area (Å²) < 4.78 is 0. The van der Waals surface area contributed by atoms with E-state index in [0.717, 1.165) is 11.1 Å². The molecule has 21 heavy (non-hydrogen) atoms. The smallest absolute Gasteiger partial charge is 0.335 e. The van der Waals surface area contributed by atoms with E-state index < -0.39 is 5.97 Å². The Kier molecular flexibility index (Phi) is 4.59. The molecule has 0 saturated carbocycles. The van der Waals surface area contributed by atoms with Gasteiger partial charge in [0.05, 0.1) is 5.56 Å². The molecule has 2 aromatic rings. The van der Waals surface area contributed by atoms with Crippen molar-refractivity contribution in [1.29, 1.82) is 0 Å². The first-order valence-electron chi connectivity index (χ1n) is 7.09. The lowest BCUT2D eigenvalue weighted by atomic mass is 9.98. The highest BCUT2D eigenvalue weighted by molar-refractivity contribution is 5.88. The average molecular weight is 280 g/mol. The van der Waals surface area contributed by atoms with E-state index in [1.807, 2.05) is 12.1 Å². The molecule has 0 radical (unpaired) electrons. The van der Waals surface area contributed by atoms with Gasteiger partial charge in [-0.1, -0.05) is 56.3 Å². The van der Waals surface area contributed by atoms with Crippen molar-refractivity contribution in [2.45, 2.75) is 26.7 Å². The van der Waals surface area contributed by atoms with E-state index in [-0.39, 0.29) is 0 Å². The van der Waals surface area contributed by atoms with Gasteiger partial charge < -0.3 is 5.11 Å². The van der Waals surface area contributed by atoms with E-state index >= 15 is 0 Å². The predicted molar refractivity (Wildman–Crippen MR) is 87.5 cm³/mol. The molecule has 2 nitrogen and oxygen atoms in total. The summed E-state index contributed by atoms with van der Waals surface area (Å²) in [6, 6.07) is 15.5. The van der Waals surface area contributed by atoms with Crippen molar-refractivity contribution in [2.75, 3.05) is 0 Å². The number of allylic oxidation sites excluding steroid dienone is 1. The van der Waals surface area contributed by atoms with Crippen LogP contribution < -0.4 is 0 Å². The summed E-state index contributed by atoms with van der Waals surface area (Å²) in [6.07, 6.45) is 2.07. The summed E-state index contributed by atoms with van der Waals surface area (Å²) in [5.74, 6) is -0.363.